The first-order valence-corrected chi connectivity index (χ1v) is 8.99. The molecule has 0 aliphatic rings. The third-order valence-electron chi connectivity index (χ3n) is 5.36. The van der Waals surface area contributed by atoms with Crippen molar-refractivity contribution in [2.45, 2.75) is 27.7 Å². The monoisotopic (exact) mass is 342 g/mol. The molecule has 0 bridgehead atoms. The third kappa shape index (κ3) is 2.43. The fourth-order valence-corrected chi connectivity index (χ4v) is 3.87. The van der Waals surface area contributed by atoms with Gasteiger partial charge in [-0.2, -0.15) is 4.68 Å². The molecule has 3 nitrogen and oxygen atoms in total. The predicted octanol–water partition coefficient (Wildman–Crippen LogP) is 4.75. The Labute approximate surface area is 154 Å². The summed E-state index contributed by atoms with van der Waals surface area (Å²) in [5.41, 5.74) is 9.59. The van der Waals surface area contributed by atoms with Crippen molar-refractivity contribution in [2.24, 2.45) is 7.05 Å². The Bertz CT molecular complexity index is 1120. The van der Waals surface area contributed by atoms with Crippen LogP contribution in [0.25, 0.3) is 27.8 Å². The lowest BCUT2D eigenvalue weighted by atomic mass is 9.98. The van der Waals surface area contributed by atoms with Gasteiger partial charge in [-0.25, -0.2) is 4.98 Å². The third-order valence-corrected chi connectivity index (χ3v) is 5.36. The number of aromatic nitrogens is 3. The van der Waals surface area contributed by atoms with Crippen LogP contribution in [0.3, 0.4) is 0 Å². The van der Waals surface area contributed by atoms with Crippen LogP contribution in [0, 0.1) is 27.7 Å². The van der Waals surface area contributed by atoms with Gasteiger partial charge in [-0.05, 0) is 51.0 Å². The summed E-state index contributed by atoms with van der Waals surface area (Å²) in [6, 6.07) is 17.1. The minimum atomic E-state index is 1.04. The van der Waals surface area contributed by atoms with Gasteiger partial charge in [0.05, 0.1) is 23.8 Å². The molecule has 2 heterocycles. The zero-order valence-electron chi connectivity index (χ0n) is 16.0. The molecule has 0 atom stereocenters. The lowest BCUT2D eigenvalue weighted by molar-refractivity contribution is -0.659. The second kappa shape index (κ2) is 6.10. The van der Waals surface area contributed by atoms with E-state index in [1.54, 1.807) is 0 Å². The van der Waals surface area contributed by atoms with Gasteiger partial charge in [0.15, 0.2) is 0 Å². The van der Waals surface area contributed by atoms with Crippen molar-refractivity contribution < 1.29 is 4.68 Å². The number of nitrogens with zero attached hydrogens (tertiary/aromatic N) is 3. The van der Waals surface area contributed by atoms with Gasteiger partial charge in [0, 0.05) is 17.2 Å². The summed E-state index contributed by atoms with van der Waals surface area (Å²) < 4.78 is 4.45. The number of hydrogen-bond donors (Lipinski definition) is 0. The summed E-state index contributed by atoms with van der Waals surface area (Å²) in [6.07, 6.45) is 2.00. The van der Waals surface area contributed by atoms with E-state index in [0.717, 1.165) is 11.4 Å². The summed E-state index contributed by atoms with van der Waals surface area (Å²) in [5, 5.41) is 1.27. The van der Waals surface area contributed by atoms with Crippen molar-refractivity contribution in [3.63, 3.8) is 0 Å². The maximum absolute atomic E-state index is 4.83. The highest BCUT2D eigenvalue weighted by Gasteiger charge is 2.24. The molecule has 0 spiro atoms. The zero-order valence-corrected chi connectivity index (χ0v) is 16.0. The molecule has 0 N–H and O–H groups in total. The highest BCUT2D eigenvalue weighted by atomic mass is 15.4. The zero-order chi connectivity index (χ0) is 18.4. The lowest BCUT2D eigenvalue weighted by Gasteiger charge is -2.10. The average molecular weight is 342 g/mol. The molecular formula is C23H24N3+. The van der Waals surface area contributed by atoms with Crippen LogP contribution in [0.15, 0.2) is 54.7 Å². The molecule has 0 aliphatic carbocycles. The first-order valence-electron chi connectivity index (χ1n) is 8.99. The number of fused-ring (bicyclic) bond motifs is 1. The van der Waals surface area contributed by atoms with Gasteiger partial charge in [0.25, 0.3) is 5.69 Å². The summed E-state index contributed by atoms with van der Waals surface area (Å²) in [6.45, 7) is 8.62. The quantitative estimate of drug-likeness (QED) is 0.482. The number of rotatable bonds is 2. The Morgan fingerprint density at radius 2 is 1.54 bits per heavy atom. The van der Waals surface area contributed by atoms with Gasteiger partial charge in [0.1, 0.15) is 6.20 Å². The number of aryl methyl sites for hydroxylation is 4. The van der Waals surface area contributed by atoms with Crippen LogP contribution in [-0.2, 0) is 7.05 Å². The van der Waals surface area contributed by atoms with E-state index in [1.807, 2.05) is 6.20 Å². The van der Waals surface area contributed by atoms with Gasteiger partial charge in [-0.3, -0.25) is 0 Å². The van der Waals surface area contributed by atoms with Crippen LogP contribution < -0.4 is 4.68 Å². The molecule has 0 aliphatic heterocycles. The smallest absolute Gasteiger partial charge is 0.249 e. The molecule has 26 heavy (non-hydrogen) atoms. The summed E-state index contributed by atoms with van der Waals surface area (Å²) in [5.74, 6) is 0. The highest BCUT2D eigenvalue weighted by Crippen LogP contribution is 2.27. The number of benzene rings is 2. The van der Waals surface area contributed by atoms with Crippen molar-refractivity contribution in [3.05, 3.63) is 77.1 Å². The first-order chi connectivity index (χ1) is 12.5. The van der Waals surface area contributed by atoms with Crippen molar-refractivity contribution in [3.8, 4) is 16.9 Å². The fourth-order valence-electron chi connectivity index (χ4n) is 3.87. The van der Waals surface area contributed by atoms with Crippen LogP contribution in [0.5, 0.6) is 0 Å². The second-order valence-corrected chi connectivity index (χ2v) is 7.06. The highest BCUT2D eigenvalue weighted by molar-refractivity contribution is 5.79. The summed E-state index contributed by atoms with van der Waals surface area (Å²) in [4.78, 5) is 4.83. The average Bonchev–Trinajstić information content (AvgIpc) is 2.87. The molecule has 0 fully saturated rings. The van der Waals surface area contributed by atoms with Crippen molar-refractivity contribution in [1.29, 1.82) is 0 Å². The van der Waals surface area contributed by atoms with Crippen LogP contribution in [0.1, 0.15) is 22.4 Å². The minimum Gasteiger partial charge on any atom is -0.249 e. The Morgan fingerprint density at radius 1 is 0.846 bits per heavy atom. The Balaban J connectivity index is 1.93. The van der Waals surface area contributed by atoms with E-state index in [1.165, 1.54) is 38.9 Å². The van der Waals surface area contributed by atoms with E-state index < -0.39 is 0 Å². The number of hydrogen-bond acceptors (Lipinski definition) is 1. The molecule has 0 saturated heterocycles. The Kier molecular flexibility index (Phi) is 3.87. The SMILES string of the molecule is Cc1cc(-c2c(C)cccc2C)ncc1-[n+]1c2ccccc2c(C)n1C. The molecule has 2 aromatic heterocycles. The van der Waals surface area contributed by atoms with Crippen molar-refractivity contribution in [1.82, 2.24) is 9.67 Å². The molecule has 130 valence electrons. The molecule has 0 unspecified atom stereocenters. The minimum absolute atomic E-state index is 1.04. The van der Waals surface area contributed by atoms with E-state index in [2.05, 4.69) is 92.6 Å². The Morgan fingerprint density at radius 3 is 2.23 bits per heavy atom. The molecule has 0 amide bonds. The van der Waals surface area contributed by atoms with E-state index in [0.29, 0.717) is 0 Å². The van der Waals surface area contributed by atoms with Gasteiger partial charge in [-0.15, -0.1) is 0 Å². The fraction of sp³-hybridized carbons (Fsp3) is 0.217. The van der Waals surface area contributed by atoms with E-state index >= 15 is 0 Å². The van der Waals surface area contributed by atoms with Crippen LogP contribution in [0.2, 0.25) is 0 Å². The first kappa shape index (κ1) is 16.5. The predicted molar refractivity (Wildman–Crippen MR) is 107 cm³/mol. The van der Waals surface area contributed by atoms with Crippen LogP contribution >= 0.6 is 0 Å². The molecule has 0 saturated carbocycles. The summed E-state index contributed by atoms with van der Waals surface area (Å²) in [7, 11) is 2.11. The summed E-state index contributed by atoms with van der Waals surface area (Å²) >= 11 is 0. The van der Waals surface area contributed by atoms with Gasteiger partial charge < -0.3 is 0 Å². The van der Waals surface area contributed by atoms with Crippen molar-refractivity contribution in [2.75, 3.05) is 0 Å². The van der Waals surface area contributed by atoms with Gasteiger partial charge in [0.2, 0.25) is 5.52 Å². The van der Waals surface area contributed by atoms with E-state index in [9.17, 15) is 0 Å². The second-order valence-electron chi connectivity index (χ2n) is 7.06. The van der Waals surface area contributed by atoms with Crippen LogP contribution in [-0.4, -0.2) is 9.67 Å². The molecule has 0 radical (unpaired) electrons. The van der Waals surface area contributed by atoms with Gasteiger partial charge in [-0.1, -0.05) is 35.0 Å². The van der Waals surface area contributed by atoms with E-state index in [4.69, 9.17) is 4.98 Å². The van der Waals surface area contributed by atoms with Crippen LogP contribution in [0.4, 0.5) is 0 Å². The normalized spacial score (nSPS) is 11.3. The molecule has 3 heteroatoms. The van der Waals surface area contributed by atoms with E-state index in [-0.39, 0.29) is 0 Å². The molecule has 4 rings (SSSR count). The number of pyridine rings is 1. The standard InChI is InChI=1S/C23H24N3/c1-15-9-8-10-16(2)23(15)20-13-17(3)22(14-24-20)26-21-12-7-6-11-19(21)18(4)25(26)5/h6-14H,1-5H3/q+1. The molecule has 2 aromatic carbocycles. The Hall–Kier alpha value is -2.94. The largest absolute Gasteiger partial charge is 0.257 e. The van der Waals surface area contributed by atoms with Gasteiger partial charge >= 0.3 is 0 Å². The topological polar surface area (TPSA) is 21.7 Å². The number of para-hydroxylation sites is 1. The maximum Gasteiger partial charge on any atom is 0.257 e. The van der Waals surface area contributed by atoms with Crippen molar-refractivity contribution >= 4 is 10.9 Å². The lowest BCUT2D eigenvalue weighted by Crippen LogP contribution is -2.40. The molecular weight excluding hydrogens is 318 g/mol. The molecule has 4 aromatic rings. The maximum atomic E-state index is 4.83.